The average Bonchev–Trinajstić information content (AvgIpc) is 3.19. The SMILES string of the molecule is COCCCN(Cc1cccn1Cc1cccc(Cl)c1)C(=O)c1ccc(OC)cc1. The van der Waals surface area contributed by atoms with Gasteiger partial charge in [-0.1, -0.05) is 23.7 Å². The lowest BCUT2D eigenvalue weighted by molar-refractivity contribution is 0.0720. The first-order chi connectivity index (χ1) is 14.6. The number of aromatic nitrogens is 1. The molecule has 1 heterocycles. The van der Waals surface area contributed by atoms with Crippen molar-refractivity contribution in [2.45, 2.75) is 19.5 Å². The molecule has 0 aliphatic carbocycles. The number of amides is 1. The van der Waals surface area contributed by atoms with Gasteiger partial charge in [-0.3, -0.25) is 4.79 Å². The number of ether oxygens (including phenoxy) is 2. The highest BCUT2D eigenvalue weighted by atomic mass is 35.5. The van der Waals surface area contributed by atoms with Crippen molar-refractivity contribution in [3.8, 4) is 5.75 Å². The second-order valence-corrected chi connectivity index (χ2v) is 7.50. The lowest BCUT2D eigenvalue weighted by atomic mass is 10.1. The monoisotopic (exact) mass is 426 g/mol. The predicted molar refractivity (Wildman–Crippen MR) is 119 cm³/mol. The van der Waals surface area contributed by atoms with Crippen molar-refractivity contribution < 1.29 is 14.3 Å². The highest BCUT2D eigenvalue weighted by Gasteiger charge is 2.18. The van der Waals surface area contributed by atoms with E-state index in [4.69, 9.17) is 21.1 Å². The third-order valence-electron chi connectivity index (χ3n) is 4.92. The topological polar surface area (TPSA) is 43.7 Å². The lowest BCUT2D eigenvalue weighted by Gasteiger charge is -2.24. The van der Waals surface area contributed by atoms with Gasteiger partial charge in [-0.25, -0.2) is 0 Å². The van der Waals surface area contributed by atoms with E-state index in [1.807, 2.05) is 47.5 Å². The van der Waals surface area contributed by atoms with Gasteiger partial charge in [0.05, 0.1) is 13.7 Å². The van der Waals surface area contributed by atoms with Gasteiger partial charge in [0.25, 0.3) is 5.91 Å². The molecule has 0 spiro atoms. The molecule has 0 saturated heterocycles. The van der Waals surface area contributed by atoms with Crippen LogP contribution in [0.3, 0.4) is 0 Å². The Morgan fingerprint density at radius 3 is 2.57 bits per heavy atom. The maximum atomic E-state index is 13.2. The number of carbonyl (C=O) groups excluding carboxylic acids is 1. The second kappa shape index (κ2) is 10.9. The van der Waals surface area contributed by atoms with Crippen LogP contribution in [0.2, 0.25) is 5.02 Å². The summed E-state index contributed by atoms with van der Waals surface area (Å²) >= 11 is 6.13. The van der Waals surface area contributed by atoms with Gasteiger partial charge in [-0.2, -0.15) is 0 Å². The molecular weight excluding hydrogens is 400 g/mol. The largest absolute Gasteiger partial charge is 0.497 e. The van der Waals surface area contributed by atoms with Crippen molar-refractivity contribution in [3.63, 3.8) is 0 Å². The molecular formula is C24H27ClN2O3. The van der Waals surface area contributed by atoms with Crippen molar-refractivity contribution in [1.29, 1.82) is 0 Å². The normalized spacial score (nSPS) is 10.8. The number of nitrogens with zero attached hydrogens (tertiary/aromatic N) is 2. The Hall–Kier alpha value is -2.76. The van der Waals surface area contributed by atoms with Crippen LogP contribution in [0.15, 0.2) is 66.9 Å². The molecule has 1 aromatic heterocycles. The van der Waals surface area contributed by atoms with E-state index in [0.29, 0.717) is 31.8 Å². The Labute approximate surface area is 182 Å². The van der Waals surface area contributed by atoms with Gasteiger partial charge in [-0.05, 0) is 60.5 Å². The summed E-state index contributed by atoms with van der Waals surface area (Å²) in [5.41, 5.74) is 2.82. The Balaban J connectivity index is 1.77. The maximum absolute atomic E-state index is 13.2. The van der Waals surface area contributed by atoms with Crippen LogP contribution in [0.25, 0.3) is 0 Å². The summed E-state index contributed by atoms with van der Waals surface area (Å²) in [5, 5.41) is 0.720. The molecule has 0 bridgehead atoms. The standard InChI is InChI=1S/C24H27ClN2O3/c1-29-15-5-14-27(24(28)20-9-11-23(30-2)12-10-20)18-22-8-4-13-26(22)17-19-6-3-7-21(25)16-19/h3-4,6-13,16H,5,14-15,17-18H2,1-2H3. The number of methoxy groups -OCH3 is 2. The number of hydrogen-bond donors (Lipinski definition) is 0. The van der Waals surface area contributed by atoms with Crippen LogP contribution in [0.5, 0.6) is 5.75 Å². The Morgan fingerprint density at radius 1 is 1.07 bits per heavy atom. The van der Waals surface area contributed by atoms with E-state index in [1.54, 1.807) is 26.4 Å². The summed E-state index contributed by atoms with van der Waals surface area (Å²) < 4.78 is 12.5. The molecule has 6 heteroatoms. The fourth-order valence-electron chi connectivity index (χ4n) is 3.34. The Kier molecular flexibility index (Phi) is 7.94. The van der Waals surface area contributed by atoms with E-state index >= 15 is 0 Å². The summed E-state index contributed by atoms with van der Waals surface area (Å²) in [5.74, 6) is 0.720. The van der Waals surface area contributed by atoms with E-state index in [-0.39, 0.29) is 5.91 Å². The zero-order chi connectivity index (χ0) is 21.3. The minimum Gasteiger partial charge on any atom is -0.497 e. The quantitative estimate of drug-likeness (QED) is 0.434. The molecule has 158 valence electrons. The van der Waals surface area contributed by atoms with E-state index in [1.165, 1.54) is 0 Å². The predicted octanol–water partition coefficient (Wildman–Crippen LogP) is 4.88. The molecule has 0 atom stereocenters. The average molecular weight is 427 g/mol. The number of carbonyl (C=O) groups is 1. The number of benzene rings is 2. The summed E-state index contributed by atoms with van der Waals surface area (Å²) in [4.78, 5) is 15.1. The zero-order valence-electron chi connectivity index (χ0n) is 17.4. The van der Waals surface area contributed by atoms with Crippen molar-refractivity contribution in [2.75, 3.05) is 27.4 Å². The van der Waals surface area contributed by atoms with Gasteiger partial charge >= 0.3 is 0 Å². The number of hydrogen-bond acceptors (Lipinski definition) is 3. The van der Waals surface area contributed by atoms with Crippen LogP contribution >= 0.6 is 11.6 Å². The van der Waals surface area contributed by atoms with Gasteiger partial charge in [0.15, 0.2) is 0 Å². The van der Waals surface area contributed by atoms with Gasteiger partial charge in [0.1, 0.15) is 5.75 Å². The van der Waals surface area contributed by atoms with Crippen LogP contribution in [-0.4, -0.2) is 42.7 Å². The van der Waals surface area contributed by atoms with Crippen molar-refractivity contribution >= 4 is 17.5 Å². The first kappa shape index (κ1) is 21.9. The molecule has 3 rings (SSSR count). The number of halogens is 1. The minimum atomic E-state index is -0.00994. The smallest absolute Gasteiger partial charge is 0.254 e. The van der Waals surface area contributed by atoms with Crippen LogP contribution in [0.1, 0.15) is 28.0 Å². The number of rotatable bonds is 10. The van der Waals surface area contributed by atoms with Crippen molar-refractivity contribution in [1.82, 2.24) is 9.47 Å². The van der Waals surface area contributed by atoms with Crippen LogP contribution in [0, 0.1) is 0 Å². The lowest BCUT2D eigenvalue weighted by Crippen LogP contribution is -2.33. The molecule has 2 aromatic carbocycles. The van der Waals surface area contributed by atoms with Gasteiger partial charge < -0.3 is 18.9 Å². The molecule has 0 aliphatic rings. The molecule has 3 aromatic rings. The third-order valence-corrected chi connectivity index (χ3v) is 5.15. The van der Waals surface area contributed by atoms with Crippen molar-refractivity contribution in [2.24, 2.45) is 0 Å². The first-order valence-corrected chi connectivity index (χ1v) is 10.3. The molecule has 0 radical (unpaired) electrons. The van der Waals surface area contributed by atoms with Gasteiger partial charge in [0.2, 0.25) is 0 Å². The molecule has 5 nitrogen and oxygen atoms in total. The van der Waals surface area contributed by atoms with Crippen LogP contribution < -0.4 is 4.74 Å². The fourth-order valence-corrected chi connectivity index (χ4v) is 3.56. The van der Waals surface area contributed by atoms with Crippen molar-refractivity contribution in [3.05, 3.63) is 88.7 Å². The summed E-state index contributed by atoms with van der Waals surface area (Å²) in [6.07, 6.45) is 2.80. The molecule has 0 saturated carbocycles. The molecule has 0 fully saturated rings. The zero-order valence-corrected chi connectivity index (χ0v) is 18.1. The van der Waals surface area contributed by atoms with E-state index in [9.17, 15) is 4.79 Å². The maximum Gasteiger partial charge on any atom is 0.254 e. The fraction of sp³-hybridized carbons (Fsp3) is 0.292. The van der Waals surface area contributed by atoms with E-state index < -0.39 is 0 Å². The molecule has 0 N–H and O–H groups in total. The third kappa shape index (κ3) is 5.88. The summed E-state index contributed by atoms with van der Waals surface area (Å²) in [6.45, 7) is 2.44. The molecule has 0 unspecified atom stereocenters. The van der Waals surface area contributed by atoms with Crippen LogP contribution in [-0.2, 0) is 17.8 Å². The highest BCUT2D eigenvalue weighted by Crippen LogP contribution is 2.17. The molecule has 30 heavy (non-hydrogen) atoms. The summed E-state index contributed by atoms with van der Waals surface area (Å²) in [7, 11) is 3.29. The summed E-state index contributed by atoms with van der Waals surface area (Å²) in [6, 6.07) is 19.1. The van der Waals surface area contributed by atoms with Gasteiger partial charge in [0, 0.05) is 49.3 Å². The second-order valence-electron chi connectivity index (χ2n) is 7.06. The van der Waals surface area contributed by atoms with E-state index in [2.05, 4.69) is 16.7 Å². The first-order valence-electron chi connectivity index (χ1n) is 9.91. The molecule has 0 aliphatic heterocycles. The Morgan fingerprint density at radius 2 is 1.87 bits per heavy atom. The van der Waals surface area contributed by atoms with Gasteiger partial charge in [-0.15, -0.1) is 0 Å². The molecule has 1 amide bonds. The Bertz CT molecular complexity index is 953. The van der Waals surface area contributed by atoms with E-state index in [0.717, 1.165) is 28.5 Å². The van der Waals surface area contributed by atoms with Crippen LogP contribution in [0.4, 0.5) is 0 Å². The highest BCUT2D eigenvalue weighted by molar-refractivity contribution is 6.30. The minimum absolute atomic E-state index is 0.00994.